The van der Waals surface area contributed by atoms with E-state index in [2.05, 4.69) is 67.7 Å². The van der Waals surface area contributed by atoms with E-state index >= 15 is 0 Å². The molecule has 1 heterocycles. The topological polar surface area (TPSA) is 47.8 Å². The second kappa shape index (κ2) is 8.04. The highest BCUT2D eigenvalue weighted by molar-refractivity contribution is 6.74. The zero-order chi connectivity index (χ0) is 22.3. The lowest BCUT2D eigenvalue weighted by atomic mass is 10.2. The highest BCUT2D eigenvalue weighted by Gasteiger charge is 2.51. The van der Waals surface area contributed by atoms with Crippen molar-refractivity contribution in [3.8, 4) is 0 Å². The molecule has 0 spiro atoms. The Morgan fingerprint density at radius 1 is 0.929 bits per heavy atom. The number of carbonyl (C=O) groups excluding carboxylic acids is 1. The molecule has 7 heteroatoms. The van der Waals surface area contributed by atoms with E-state index in [0.717, 1.165) is 0 Å². The Hall–Kier alpha value is -0.376. The summed E-state index contributed by atoms with van der Waals surface area (Å²) >= 11 is 0. The molecule has 0 aromatic carbocycles. The molecule has 1 aliphatic heterocycles. The number of hydrogen-bond acceptors (Lipinski definition) is 4. The Kier molecular flexibility index (Phi) is 7.37. The highest BCUT2D eigenvalue weighted by Crippen LogP contribution is 2.41. The van der Waals surface area contributed by atoms with Crippen LogP contribution in [-0.2, 0) is 13.6 Å². The van der Waals surface area contributed by atoms with Crippen LogP contribution in [0, 0.1) is 0 Å². The van der Waals surface area contributed by atoms with Gasteiger partial charge in [0.15, 0.2) is 16.6 Å². The van der Waals surface area contributed by atoms with Gasteiger partial charge in [-0.25, -0.2) is 4.79 Å². The monoisotopic (exact) mass is 431 g/mol. The summed E-state index contributed by atoms with van der Waals surface area (Å²) in [7, 11) is -3.88. The Labute approximate surface area is 175 Å². The summed E-state index contributed by atoms with van der Waals surface area (Å²) in [6.45, 7) is 29.4. The van der Waals surface area contributed by atoms with Gasteiger partial charge >= 0.3 is 6.09 Å². The fraction of sp³-hybridized carbons (Fsp3) is 0.952. The van der Waals surface area contributed by atoms with Crippen molar-refractivity contribution in [2.45, 2.75) is 116 Å². The first-order valence-electron chi connectivity index (χ1n) is 10.5. The van der Waals surface area contributed by atoms with Gasteiger partial charge < -0.3 is 13.6 Å². The largest absolute Gasteiger partial charge is 0.444 e. The minimum Gasteiger partial charge on any atom is -0.444 e. The van der Waals surface area contributed by atoms with Crippen LogP contribution in [0.5, 0.6) is 0 Å². The van der Waals surface area contributed by atoms with Gasteiger partial charge in [-0.1, -0.05) is 41.5 Å². The molecule has 0 N–H and O–H groups in total. The minimum absolute atomic E-state index is 0.0359. The molecule has 166 valence electrons. The number of nitrogens with zero attached hydrogens (tertiary/aromatic N) is 1. The van der Waals surface area contributed by atoms with Crippen molar-refractivity contribution in [1.29, 1.82) is 0 Å². The number of ether oxygens (including phenoxy) is 1. The molecule has 0 aliphatic carbocycles. The van der Waals surface area contributed by atoms with Gasteiger partial charge in [-0.15, -0.1) is 0 Å². The Morgan fingerprint density at radius 2 is 1.39 bits per heavy atom. The van der Waals surface area contributed by atoms with Crippen LogP contribution in [0.15, 0.2) is 0 Å². The summed E-state index contributed by atoms with van der Waals surface area (Å²) in [6, 6.07) is 0.0359. The van der Waals surface area contributed by atoms with E-state index in [1.54, 1.807) is 4.90 Å². The number of carbonyl (C=O) groups is 1. The molecule has 1 amide bonds. The van der Waals surface area contributed by atoms with Gasteiger partial charge in [-0.3, -0.25) is 4.90 Å². The summed E-state index contributed by atoms with van der Waals surface area (Å²) in [5.41, 5.74) is -0.488. The van der Waals surface area contributed by atoms with E-state index in [9.17, 15) is 4.79 Å². The molecular formula is C21H45NO4Si2. The lowest BCUT2D eigenvalue weighted by Crippen LogP contribution is -2.50. The predicted molar refractivity (Wildman–Crippen MR) is 122 cm³/mol. The fourth-order valence-corrected chi connectivity index (χ4v) is 4.64. The Bertz CT molecular complexity index is 556. The molecule has 0 unspecified atom stereocenters. The molecule has 1 saturated heterocycles. The first kappa shape index (κ1) is 25.7. The van der Waals surface area contributed by atoms with Gasteiger partial charge in [0.05, 0.1) is 18.8 Å². The zero-order valence-corrected chi connectivity index (χ0v) is 22.6. The maximum absolute atomic E-state index is 12.5. The third kappa shape index (κ3) is 6.85. The molecule has 1 rings (SSSR count). The van der Waals surface area contributed by atoms with E-state index in [1.165, 1.54) is 0 Å². The summed E-state index contributed by atoms with van der Waals surface area (Å²) in [5.74, 6) is 0. The number of rotatable bonds is 6. The van der Waals surface area contributed by atoms with Crippen LogP contribution in [0.3, 0.4) is 0 Å². The van der Waals surface area contributed by atoms with E-state index in [-0.39, 0.29) is 28.3 Å². The van der Waals surface area contributed by atoms with Gasteiger partial charge in [-0.05, 0) is 57.0 Å². The van der Waals surface area contributed by atoms with Crippen molar-refractivity contribution in [3.63, 3.8) is 0 Å². The van der Waals surface area contributed by atoms with E-state index in [0.29, 0.717) is 13.2 Å². The molecule has 2 atom stereocenters. The van der Waals surface area contributed by atoms with Crippen LogP contribution in [-0.4, -0.2) is 58.5 Å². The second-order valence-electron chi connectivity index (χ2n) is 12.2. The van der Waals surface area contributed by atoms with E-state index < -0.39 is 22.2 Å². The van der Waals surface area contributed by atoms with Crippen molar-refractivity contribution in [1.82, 2.24) is 4.90 Å². The third-order valence-electron chi connectivity index (χ3n) is 6.37. The average Bonchev–Trinajstić information content (AvgIpc) is 3.19. The van der Waals surface area contributed by atoms with Gasteiger partial charge in [-0.2, -0.15) is 0 Å². The van der Waals surface area contributed by atoms with Crippen LogP contribution in [0.4, 0.5) is 4.79 Å². The molecule has 28 heavy (non-hydrogen) atoms. The lowest BCUT2D eigenvalue weighted by molar-refractivity contribution is 0.0341. The van der Waals surface area contributed by atoms with Crippen molar-refractivity contribution < 1.29 is 18.4 Å². The minimum atomic E-state index is -1.99. The SMILES string of the molecule is CC(C)(C)OC(=O)N1C[C@H]1[C@@H](CO[Si](C)(C)C(C)(C)C)O[Si](C)(C)C(C)(C)C. The standard InChI is InChI=1S/C21H45NO4Si2/c1-19(2,3)25-18(23)22-14-16(22)17(26-28(12,13)21(7,8)9)15-24-27(10,11)20(4,5)6/h16-17H,14-15H2,1-13H3/t16-,17+,22?/m0/s1. The lowest BCUT2D eigenvalue weighted by Gasteiger charge is -2.41. The zero-order valence-electron chi connectivity index (χ0n) is 20.6. The van der Waals surface area contributed by atoms with Crippen LogP contribution < -0.4 is 0 Å². The van der Waals surface area contributed by atoms with Gasteiger partial charge in [0.1, 0.15) is 5.60 Å². The smallest absolute Gasteiger partial charge is 0.410 e. The molecule has 0 saturated carbocycles. The maximum atomic E-state index is 12.5. The van der Waals surface area contributed by atoms with Crippen molar-refractivity contribution in [2.24, 2.45) is 0 Å². The molecule has 5 nitrogen and oxygen atoms in total. The van der Waals surface area contributed by atoms with Gasteiger partial charge in [0, 0.05) is 6.54 Å². The molecular weight excluding hydrogens is 386 g/mol. The first-order valence-corrected chi connectivity index (χ1v) is 16.3. The predicted octanol–water partition coefficient (Wildman–Crippen LogP) is 6.02. The van der Waals surface area contributed by atoms with Crippen molar-refractivity contribution >= 4 is 22.7 Å². The van der Waals surface area contributed by atoms with Crippen LogP contribution >= 0.6 is 0 Å². The average molecular weight is 432 g/mol. The quantitative estimate of drug-likeness (QED) is 0.381. The molecule has 0 aromatic heterocycles. The molecule has 0 radical (unpaired) electrons. The number of hydrogen-bond donors (Lipinski definition) is 0. The second-order valence-corrected chi connectivity index (χ2v) is 21.8. The molecule has 0 aromatic rings. The summed E-state index contributed by atoms with van der Waals surface area (Å²) in [5, 5.41) is 0.247. The van der Waals surface area contributed by atoms with Crippen LogP contribution in [0.2, 0.25) is 36.3 Å². The third-order valence-corrected chi connectivity index (χ3v) is 15.4. The van der Waals surface area contributed by atoms with Crippen LogP contribution in [0.1, 0.15) is 62.3 Å². The van der Waals surface area contributed by atoms with Crippen molar-refractivity contribution in [2.75, 3.05) is 13.2 Å². The maximum Gasteiger partial charge on any atom is 0.410 e. The summed E-state index contributed by atoms with van der Waals surface area (Å²) in [6.07, 6.45) is -0.365. The molecule has 0 bridgehead atoms. The van der Waals surface area contributed by atoms with E-state index in [1.807, 2.05) is 20.8 Å². The first-order chi connectivity index (χ1) is 12.2. The van der Waals surface area contributed by atoms with Crippen LogP contribution in [0.25, 0.3) is 0 Å². The van der Waals surface area contributed by atoms with Crippen molar-refractivity contribution in [3.05, 3.63) is 0 Å². The molecule has 1 aliphatic rings. The molecule has 1 fully saturated rings. The number of amides is 1. The van der Waals surface area contributed by atoms with Gasteiger partial charge in [0.25, 0.3) is 0 Å². The fourth-order valence-electron chi connectivity index (χ4n) is 2.29. The summed E-state index contributed by atoms with van der Waals surface area (Å²) in [4.78, 5) is 14.3. The normalized spacial score (nSPS) is 20.2. The summed E-state index contributed by atoms with van der Waals surface area (Å²) < 4.78 is 18.8. The Balaban J connectivity index is 2.94. The van der Waals surface area contributed by atoms with E-state index in [4.69, 9.17) is 13.6 Å². The Morgan fingerprint density at radius 3 is 1.79 bits per heavy atom. The highest BCUT2D eigenvalue weighted by atomic mass is 28.4. The van der Waals surface area contributed by atoms with Gasteiger partial charge in [0.2, 0.25) is 0 Å².